The molecule has 2 rings (SSSR count). The number of nitrogens with zero attached hydrogens (tertiary/aromatic N) is 1. The Morgan fingerprint density at radius 3 is 2.93 bits per heavy atom. The van der Waals surface area contributed by atoms with Gasteiger partial charge in [-0.3, -0.25) is 0 Å². The molecule has 0 spiro atoms. The molecule has 0 aliphatic carbocycles. The number of hydrogen-bond acceptors (Lipinski definition) is 1. The largest absolute Gasteiger partial charge is 0.371 e. The van der Waals surface area contributed by atoms with Gasteiger partial charge in [0.05, 0.1) is 0 Å². The number of halogens is 1. The van der Waals surface area contributed by atoms with E-state index in [1.165, 1.54) is 12.0 Å². The zero-order valence-corrected chi connectivity index (χ0v) is 8.81. The second-order valence-corrected chi connectivity index (χ2v) is 3.91. The summed E-state index contributed by atoms with van der Waals surface area (Å²) >= 11 is 0. The van der Waals surface area contributed by atoms with Crippen LogP contribution in [0.5, 0.6) is 0 Å². The molecule has 76 valence electrons. The highest BCUT2D eigenvalue weighted by molar-refractivity contribution is 5.57. The van der Waals surface area contributed by atoms with E-state index in [9.17, 15) is 4.39 Å². The lowest BCUT2D eigenvalue weighted by molar-refractivity contribution is 0.611. The molecule has 1 aliphatic rings. The second kappa shape index (κ2) is 3.60. The lowest BCUT2D eigenvalue weighted by Crippen LogP contribution is -2.29. The summed E-state index contributed by atoms with van der Waals surface area (Å²) < 4.78 is 13.4. The molecular formula is C12H16FN. The fourth-order valence-corrected chi connectivity index (χ4v) is 2.13. The van der Waals surface area contributed by atoms with Crippen LogP contribution < -0.4 is 4.90 Å². The second-order valence-electron chi connectivity index (χ2n) is 3.91. The van der Waals surface area contributed by atoms with Crippen molar-refractivity contribution in [2.45, 2.75) is 26.7 Å². The van der Waals surface area contributed by atoms with Crippen molar-refractivity contribution in [3.63, 3.8) is 0 Å². The zero-order valence-electron chi connectivity index (χ0n) is 8.81. The van der Waals surface area contributed by atoms with E-state index in [1.807, 2.05) is 13.0 Å². The van der Waals surface area contributed by atoms with Gasteiger partial charge in [-0.15, -0.1) is 0 Å². The van der Waals surface area contributed by atoms with E-state index in [0.717, 1.165) is 30.8 Å². The van der Waals surface area contributed by atoms with Gasteiger partial charge in [0.2, 0.25) is 0 Å². The van der Waals surface area contributed by atoms with Gasteiger partial charge in [-0.2, -0.15) is 0 Å². The van der Waals surface area contributed by atoms with Crippen molar-refractivity contribution >= 4 is 5.69 Å². The summed E-state index contributed by atoms with van der Waals surface area (Å²) in [6.45, 7) is 5.98. The van der Waals surface area contributed by atoms with E-state index in [-0.39, 0.29) is 5.82 Å². The van der Waals surface area contributed by atoms with Crippen LogP contribution in [-0.2, 0) is 6.42 Å². The first-order valence-electron chi connectivity index (χ1n) is 5.26. The van der Waals surface area contributed by atoms with Crippen molar-refractivity contribution in [2.24, 2.45) is 0 Å². The van der Waals surface area contributed by atoms with Crippen molar-refractivity contribution in [1.29, 1.82) is 0 Å². The average molecular weight is 193 g/mol. The normalized spacial score (nSPS) is 15.5. The predicted octanol–water partition coefficient (Wildman–Crippen LogP) is 2.91. The van der Waals surface area contributed by atoms with Crippen LogP contribution in [0.4, 0.5) is 10.1 Å². The molecule has 0 saturated heterocycles. The maximum absolute atomic E-state index is 13.4. The molecule has 1 aliphatic heterocycles. The fraction of sp³-hybridized carbons (Fsp3) is 0.500. The third-order valence-corrected chi connectivity index (χ3v) is 2.96. The summed E-state index contributed by atoms with van der Waals surface area (Å²) in [5.74, 6) is -0.0795. The van der Waals surface area contributed by atoms with Gasteiger partial charge in [-0.1, -0.05) is 6.07 Å². The summed E-state index contributed by atoms with van der Waals surface area (Å²) in [6.07, 6.45) is 2.28. The molecule has 0 bridgehead atoms. The van der Waals surface area contributed by atoms with E-state index in [2.05, 4.69) is 11.8 Å². The highest BCUT2D eigenvalue weighted by Gasteiger charge is 2.16. The first-order chi connectivity index (χ1) is 6.72. The Hall–Kier alpha value is -1.05. The highest BCUT2D eigenvalue weighted by atomic mass is 19.1. The SMILES string of the molecule is CCN1CCCc2cc(C)c(F)cc21. The molecule has 0 fully saturated rings. The number of aryl methyl sites for hydroxylation is 2. The molecule has 0 unspecified atom stereocenters. The Morgan fingerprint density at radius 1 is 1.43 bits per heavy atom. The lowest BCUT2D eigenvalue weighted by atomic mass is 9.99. The van der Waals surface area contributed by atoms with E-state index in [4.69, 9.17) is 0 Å². The minimum Gasteiger partial charge on any atom is -0.371 e. The Balaban J connectivity index is 2.47. The van der Waals surface area contributed by atoms with Crippen LogP contribution >= 0.6 is 0 Å². The summed E-state index contributed by atoms with van der Waals surface area (Å²) in [5, 5.41) is 0. The van der Waals surface area contributed by atoms with E-state index in [1.54, 1.807) is 6.07 Å². The summed E-state index contributed by atoms with van der Waals surface area (Å²) in [7, 11) is 0. The first-order valence-corrected chi connectivity index (χ1v) is 5.26. The number of benzene rings is 1. The monoisotopic (exact) mass is 193 g/mol. The fourth-order valence-electron chi connectivity index (χ4n) is 2.13. The van der Waals surface area contributed by atoms with Crippen LogP contribution in [0.15, 0.2) is 12.1 Å². The van der Waals surface area contributed by atoms with Crippen molar-refractivity contribution in [3.8, 4) is 0 Å². The predicted molar refractivity (Wildman–Crippen MR) is 57.3 cm³/mol. The molecule has 0 radical (unpaired) electrons. The Labute approximate surface area is 84.5 Å². The standard InChI is InChI=1S/C12H16FN/c1-3-14-6-4-5-10-7-9(2)11(13)8-12(10)14/h7-8H,3-6H2,1-2H3. The van der Waals surface area contributed by atoms with Crippen LogP contribution in [0.25, 0.3) is 0 Å². The Bertz CT molecular complexity index is 346. The number of fused-ring (bicyclic) bond motifs is 1. The van der Waals surface area contributed by atoms with Crippen LogP contribution in [0.1, 0.15) is 24.5 Å². The minimum atomic E-state index is -0.0795. The van der Waals surface area contributed by atoms with Crippen LogP contribution in [-0.4, -0.2) is 13.1 Å². The maximum atomic E-state index is 13.4. The van der Waals surface area contributed by atoms with Gasteiger partial charge in [0.25, 0.3) is 0 Å². The quantitative estimate of drug-likeness (QED) is 0.663. The third-order valence-electron chi connectivity index (χ3n) is 2.96. The molecular weight excluding hydrogens is 177 g/mol. The van der Waals surface area contributed by atoms with Gasteiger partial charge in [-0.05, 0) is 43.9 Å². The summed E-state index contributed by atoms with van der Waals surface area (Å²) in [5.41, 5.74) is 3.17. The summed E-state index contributed by atoms with van der Waals surface area (Å²) in [6, 6.07) is 3.68. The molecule has 0 saturated carbocycles. The Kier molecular flexibility index (Phi) is 2.44. The maximum Gasteiger partial charge on any atom is 0.128 e. The van der Waals surface area contributed by atoms with Crippen molar-refractivity contribution in [2.75, 3.05) is 18.0 Å². The van der Waals surface area contributed by atoms with Gasteiger partial charge in [0.15, 0.2) is 0 Å². The highest BCUT2D eigenvalue weighted by Crippen LogP contribution is 2.29. The third kappa shape index (κ3) is 1.49. The molecule has 1 aromatic rings. The molecule has 0 amide bonds. The molecule has 0 aromatic heterocycles. The molecule has 1 nitrogen and oxygen atoms in total. The number of hydrogen-bond donors (Lipinski definition) is 0. The van der Waals surface area contributed by atoms with Crippen molar-refractivity contribution in [3.05, 3.63) is 29.1 Å². The molecule has 14 heavy (non-hydrogen) atoms. The van der Waals surface area contributed by atoms with Gasteiger partial charge < -0.3 is 4.90 Å². The van der Waals surface area contributed by atoms with Crippen molar-refractivity contribution < 1.29 is 4.39 Å². The minimum absolute atomic E-state index is 0.0795. The number of rotatable bonds is 1. The smallest absolute Gasteiger partial charge is 0.128 e. The molecule has 2 heteroatoms. The Morgan fingerprint density at radius 2 is 2.21 bits per heavy atom. The van der Waals surface area contributed by atoms with Crippen LogP contribution in [0, 0.1) is 12.7 Å². The van der Waals surface area contributed by atoms with Gasteiger partial charge in [0.1, 0.15) is 5.82 Å². The molecule has 0 N–H and O–H groups in total. The zero-order chi connectivity index (χ0) is 10.1. The summed E-state index contributed by atoms with van der Waals surface area (Å²) in [4.78, 5) is 2.25. The van der Waals surface area contributed by atoms with E-state index < -0.39 is 0 Å². The van der Waals surface area contributed by atoms with E-state index >= 15 is 0 Å². The van der Waals surface area contributed by atoms with Crippen molar-refractivity contribution in [1.82, 2.24) is 0 Å². The van der Waals surface area contributed by atoms with E-state index in [0.29, 0.717) is 0 Å². The van der Waals surface area contributed by atoms with Gasteiger partial charge in [-0.25, -0.2) is 4.39 Å². The average Bonchev–Trinajstić information content (AvgIpc) is 2.19. The number of anilines is 1. The van der Waals surface area contributed by atoms with Gasteiger partial charge >= 0.3 is 0 Å². The topological polar surface area (TPSA) is 3.24 Å². The molecule has 0 atom stereocenters. The molecule has 1 aromatic carbocycles. The van der Waals surface area contributed by atoms with Crippen LogP contribution in [0.2, 0.25) is 0 Å². The van der Waals surface area contributed by atoms with Crippen LogP contribution in [0.3, 0.4) is 0 Å². The first kappa shape index (κ1) is 9.50. The van der Waals surface area contributed by atoms with Gasteiger partial charge in [0, 0.05) is 18.8 Å². The lowest BCUT2D eigenvalue weighted by Gasteiger charge is -2.30. The molecule has 1 heterocycles.